The van der Waals surface area contributed by atoms with Crippen LogP contribution in [0.3, 0.4) is 0 Å². The molecule has 1 aliphatic heterocycles. The van der Waals surface area contributed by atoms with Crippen molar-refractivity contribution in [3.05, 3.63) is 95.6 Å². The average Bonchev–Trinajstić information content (AvgIpc) is 3.63. The molecule has 48 heavy (non-hydrogen) atoms. The molecule has 0 spiro atoms. The number of nitrogens with one attached hydrogen (secondary N) is 1. The zero-order valence-corrected chi connectivity index (χ0v) is 29.4. The third-order valence-electron chi connectivity index (χ3n) is 8.33. The van der Waals surface area contributed by atoms with E-state index in [0.29, 0.717) is 23.2 Å². The first-order valence-corrected chi connectivity index (χ1v) is 18.6. The van der Waals surface area contributed by atoms with Crippen molar-refractivity contribution in [3.8, 4) is 11.5 Å². The fourth-order valence-corrected chi connectivity index (χ4v) is 8.67. The fraction of sp³-hybridized carbons (Fsp3) is 0.432. The lowest BCUT2D eigenvalue weighted by molar-refractivity contribution is -0.154. The third-order valence-corrected chi connectivity index (χ3v) is 11.3. The standard InChI is InChI=1S/C37H45NO8S2/c1-26(46-36(42)22-21-35(40)41)33(38-34(39)12-8-7-11-32-23-24-47-48-32)25-45-37(27-9-5-4-6-10-27,28-13-17-30(43-2)18-14-28)29-15-19-31(44-3)20-16-29/h4-6,9-10,13-20,26,32-33H,7-8,11-12,21-25H2,1-3H3,(H,38,39)(H,40,41). The van der Waals surface area contributed by atoms with Crippen molar-refractivity contribution in [1.29, 1.82) is 0 Å². The summed E-state index contributed by atoms with van der Waals surface area (Å²) >= 11 is 0. The number of esters is 1. The molecule has 3 unspecified atom stereocenters. The van der Waals surface area contributed by atoms with Crippen LogP contribution in [0.4, 0.5) is 0 Å². The predicted octanol–water partition coefficient (Wildman–Crippen LogP) is 7.01. The van der Waals surface area contributed by atoms with Gasteiger partial charge in [-0.05, 0) is 67.1 Å². The van der Waals surface area contributed by atoms with Crippen molar-refractivity contribution in [2.45, 2.75) is 74.9 Å². The Labute approximate surface area is 290 Å². The highest BCUT2D eigenvalue weighted by Crippen LogP contribution is 2.42. The summed E-state index contributed by atoms with van der Waals surface area (Å²) in [4.78, 5) is 37.0. The van der Waals surface area contributed by atoms with Gasteiger partial charge in [0.2, 0.25) is 5.91 Å². The van der Waals surface area contributed by atoms with Gasteiger partial charge in [0.25, 0.3) is 0 Å². The highest BCUT2D eigenvalue weighted by atomic mass is 33.1. The van der Waals surface area contributed by atoms with Crippen LogP contribution in [0, 0.1) is 0 Å². The van der Waals surface area contributed by atoms with E-state index in [1.54, 1.807) is 21.1 Å². The van der Waals surface area contributed by atoms with Gasteiger partial charge in [0.05, 0.1) is 39.7 Å². The predicted molar refractivity (Wildman–Crippen MR) is 190 cm³/mol. The quantitative estimate of drug-likeness (QED) is 0.0587. The molecule has 0 bridgehead atoms. The molecule has 1 fully saturated rings. The summed E-state index contributed by atoms with van der Waals surface area (Å²) in [5, 5.41) is 12.8. The van der Waals surface area contributed by atoms with E-state index < -0.39 is 29.7 Å². The van der Waals surface area contributed by atoms with Gasteiger partial charge in [0.15, 0.2) is 0 Å². The van der Waals surface area contributed by atoms with E-state index in [1.807, 2.05) is 100 Å². The number of methoxy groups -OCH3 is 2. The molecule has 3 aromatic carbocycles. The summed E-state index contributed by atoms with van der Waals surface area (Å²) in [7, 11) is 7.07. The second-order valence-electron chi connectivity index (χ2n) is 11.7. The number of hydrogen-bond acceptors (Lipinski definition) is 9. The molecule has 1 saturated heterocycles. The summed E-state index contributed by atoms with van der Waals surface area (Å²) in [6, 6.07) is 24.3. The fourth-order valence-electron chi connectivity index (χ4n) is 5.64. The molecule has 1 heterocycles. The summed E-state index contributed by atoms with van der Waals surface area (Å²) < 4.78 is 23.6. The van der Waals surface area contributed by atoms with Crippen LogP contribution in [-0.4, -0.2) is 66.9 Å². The molecule has 4 rings (SSSR count). The van der Waals surface area contributed by atoms with E-state index in [0.717, 1.165) is 36.0 Å². The maximum Gasteiger partial charge on any atom is 0.306 e. The van der Waals surface area contributed by atoms with Gasteiger partial charge in [-0.15, -0.1) is 0 Å². The summed E-state index contributed by atoms with van der Waals surface area (Å²) in [6.07, 6.45) is 2.91. The van der Waals surface area contributed by atoms with Crippen molar-refractivity contribution < 1.29 is 38.4 Å². The number of benzene rings is 3. The number of aliphatic carboxylic acids is 1. The number of carbonyl (C=O) groups is 3. The van der Waals surface area contributed by atoms with Gasteiger partial charge in [-0.3, -0.25) is 14.4 Å². The van der Waals surface area contributed by atoms with Crippen molar-refractivity contribution in [1.82, 2.24) is 5.32 Å². The zero-order chi connectivity index (χ0) is 34.4. The molecule has 0 aliphatic carbocycles. The topological polar surface area (TPSA) is 120 Å². The maximum atomic E-state index is 13.3. The molecule has 3 atom stereocenters. The van der Waals surface area contributed by atoms with Crippen LogP contribution in [-0.2, 0) is 29.5 Å². The molecule has 0 saturated carbocycles. The highest BCUT2D eigenvalue weighted by Gasteiger charge is 2.39. The van der Waals surface area contributed by atoms with E-state index in [1.165, 1.54) is 12.2 Å². The van der Waals surface area contributed by atoms with Crippen molar-refractivity contribution in [2.75, 3.05) is 26.6 Å². The molecule has 11 heteroatoms. The Kier molecular flexibility index (Phi) is 14.5. The van der Waals surface area contributed by atoms with Crippen LogP contribution in [0.25, 0.3) is 0 Å². The molecule has 2 N–H and O–H groups in total. The number of ether oxygens (including phenoxy) is 4. The van der Waals surface area contributed by atoms with Gasteiger partial charge in [-0.25, -0.2) is 0 Å². The Bertz CT molecular complexity index is 1400. The monoisotopic (exact) mass is 695 g/mol. The molecule has 1 amide bonds. The Hall–Kier alpha value is -3.67. The van der Waals surface area contributed by atoms with Gasteiger partial charge < -0.3 is 29.4 Å². The third kappa shape index (κ3) is 10.4. The van der Waals surface area contributed by atoms with E-state index >= 15 is 0 Å². The summed E-state index contributed by atoms with van der Waals surface area (Å²) in [5.41, 5.74) is 1.34. The number of carboxylic acid groups (broad SMARTS) is 1. The molecule has 258 valence electrons. The number of unbranched alkanes of at least 4 members (excludes halogenated alkanes) is 1. The number of rotatable bonds is 19. The van der Waals surface area contributed by atoms with Gasteiger partial charge in [0.1, 0.15) is 23.2 Å². The second-order valence-corrected chi connectivity index (χ2v) is 14.4. The number of carboxylic acids is 1. The van der Waals surface area contributed by atoms with E-state index in [4.69, 9.17) is 24.1 Å². The molecular weight excluding hydrogens is 651 g/mol. The van der Waals surface area contributed by atoms with Crippen LogP contribution >= 0.6 is 21.6 Å². The minimum Gasteiger partial charge on any atom is -0.497 e. The van der Waals surface area contributed by atoms with E-state index in [2.05, 4.69) is 5.32 Å². The number of carbonyl (C=O) groups excluding carboxylic acids is 2. The lowest BCUT2D eigenvalue weighted by Gasteiger charge is -2.38. The van der Waals surface area contributed by atoms with E-state index in [-0.39, 0.29) is 25.4 Å². The normalized spacial score (nSPS) is 15.7. The highest BCUT2D eigenvalue weighted by molar-refractivity contribution is 8.77. The molecule has 9 nitrogen and oxygen atoms in total. The van der Waals surface area contributed by atoms with Gasteiger partial charge >= 0.3 is 11.9 Å². The summed E-state index contributed by atoms with van der Waals surface area (Å²) in [6.45, 7) is 1.66. The molecule has 0 aromatic heterocycles. The smallest absolute Gasteiger partial charge is 0.306 e. The first-order valence-electron chi connectivity index (χ1n) is 16.2. The zero-order valence-electron chi connectivity index (χ0n) is 27.7. The Morgan fingerprint density at radius 2 is 1.46 bits per heavy atom. The Balaban J connectivity index is 1.64. The van der Waals surface area contributed by atoms with Gasteiger partial charge in [0, 0.05) is 17.4 Å². The maximum absolute atomic E-state index is 13.3. The van der Waals surface area contributed by atoms with Gasteiger partial charge in [-0.1, -0.05) is 82.6 Å². The Morgan fingerprint density at radius 3 is 2.00 bits per heavy atom. The first kappa shape index (κ1) is 37.2. The van der Waals surface area contributed by atoms with Crippen molar-refractivity contribution >= 4 is 39.4 Å². The van der Waals surface area contributed by atoms with E-state index in [9.17, 15) is 14.4 Å². The van der Waals surface area contributed by atoms with Gasteiger partial charge in [-0.2, -0.15) is 0 Å². The van der Waals surface area contributed by atoms with Crippen LogP contribution in [0.1, 0.15) is 68.6 Å². The van der Waals surface area contributed by atoms with Crippen molar-refractivity contribution in [2.24, 2.45) is 0 Å². The molecule has 0 radical (unpaired) electrons. The average molecular weight is 696 g/mol. The lowest BCUT2D eigenvalue weighted by Crippen LogP contribution is -2.49. The minimum atomic E-state index is -1.15. The first-order chi connectivity index (χ1) is 23.2. The van der Waals surface area contributed by atoms with Crippen LogP contribution in [0.2, 0.25) is 0 Å². The lowest BCUT2D eigenvalue weighted by atomic mass is 9.80. The largest absolute Gasteiger partial charge is 0.497 e. The van der Waals surface area contributed by atoms with Crippen LogP contribution in [0.5, 0.6) is 11.5 Å². The minimum absolute atomic E-state index is 0.0258. The molecular formula is C37H45NO8S2. The Morgan fingerprint density at radius 1 is 0.854 bits per heavy atom. The number of amides is 1. The molecule has 3 aromatic rings. The number of hydrogen-bond donors (Lipinski definition) is 2. The van der Waals surface area contributed by atoms with Crippen molar-refractivity contribution in [3.63, 3.8) is 0 Å². The summed E-state index contributed by atoms with van der Waals surface area (Å²) in [5.74, 6) is 0.646. The SMILES string of the molecule is COc1ccc(C(OCC(NC(=O)CCCCC2CCSS2)C(C)OC(=O)CCC(=O)O)(c2ccccc2)c2ccc(OC)cc2)cc1. The van der Waals surface area contributed by atoms with Crippen LogP contribution < -0.4 is 14.8 Å². The molecule has 1 aliphatic rings. The second kappa shape index (κ2) is 18.8. The van der Waals surface area contributed by atoms with Crippen LogP contribution in [0.15, 0.2) is 78.9 Å².